The SMILES string of the molecule is [B]c1c([B])c(-c2c([B])c(C)c([B])c(C(C)(C)C)c2[B])c(C)c([B])c1C. The van der Waals surface area contributed by atoms with Gasteiger partial charge in [0.2, 0.25) is 0 Å². The molecule has 2 aromatic rings. The first-order chi connectivity index (χ1) is 11.3. The molecule has 0 spiro atoms. The van der Waals surface area contributed by atoms with E-state index in [2.05, 4.69) is 20.8 Å². The molecule has 12 radical (unpaired) electrons. The highest BCUT2D eigenvalue weighted by atomic mass is 14.3. The molecule has 0 amide bonds. The van der Waals surface area contributed by atoms with E-state index in [0.29, 0.717) is 43.9 Å². The first kappa shape index (κ1) is 20.1. The fourth-order valence-electron chi connectivity index (χ4n) is 3.43. The minimum Gasteiger partial charge on any atom is -0.101 e. The van der Waals surface area contributed by atoms with Gasteiger partial charge in [-0.3, -0.25) is 0 Å². The van der Waals surface area contributed by atoms with Gasteiger partial charge in [0.05, 0.1) is 0 Å². The van der Waals surface area contributed by atoms with E-state index in [4.69, 9.17) is 47.1 Å². The molecule has 0 atom stereocenters. The Balaban J connectivity index is 3.09. The van der Waals surface area contributed by atoms with Gasteiger partial charge in [0, 0.05) is 0 Å². The molecule has 2 rings (SSSR count). The van der Waals surface area contributed by atoms with Crippen LogP contribution in [0.5, 0.6) is 0 Å². The highest BCUT2D eigenvalue weighted by molar-refractivity contribution is 6.56. The average Bonchev–Trinajstić information content (AvgIpc) is 2.51. The Kier molecular flexibility index (Phi) is 5.26. The zero-order valence-electron chi connectivity index (χ0n) is 16.0. The van der Waals surface area contributed by atoms with Crippen LogP contribution >= 0.6 is 0 Å². The summed E-state index contributed by atoms with van der Waals surface area (Å²) in [5.41, 5.74) is 7.40. The molecule has 0 aliphatic rings. The van der Waals surface area contributed by atoms with Crippen molar-refractivity contribution < 1.29 is 0 Å². The van der Waals surface area contributed by atoms with Crippen molar-refractivity contribution in [2.75, 3.05) is 0 Å². The van der Waals surface area contributed by atoms with E-state index in [1.165, 1.54) is 0 Å². The Hall–Kier alpha value is -1.17. The Morgan fingerprint density at radius 1 is 0.480 bits per heavy atom. The van der Waals surface area contributed by atoms with E-state index in [1.54, 1.807) is 0 Å². The molecule has 0 saturated heterocycles. The summed E-state index contributed by atoms with van der Waals surface area (Å²) in [6.45, 7) is 11.8. The van der Waals surface area contributed by atoms with Crippen molar-refractivity contribution in [3.63, 3.8) is 0 Å². The maximum atomic E-state index is 6.55. The van der Waals surface area contributed by atoms with Crippen molar-refractivity contribution in [1.29, 1.82) is 0 Å². The summed E-state index contributed by atoms with van der Waals surface area (Å²) < 4.78 is 0. The van der Waals surface area contributed by atoms with Crippen LogP contribution in [0, 0.1) is 20.8 Å². The van der Waals surface area contributed by atoms with Gasteiger partial charge in [0.15, 0.2) is 0 Å². The fraction of sp³-hybridized carbons (Fsp3) is 0.368. The van der Waals surface area contributed by atoms with Crippen molar-refractivity contribution in [3.05, 3.63) is 22.3 Å². The lowest BCUT2D eigenvalue weighted by molar-refractivity contribution is 0.598. The lowest BCUT2D eigenvalue weighted by atomic mass is 9.60. The number of hydrogen-bond donors (Lipinski definition) is 0. The third kappa shape index (κ3) is 3.07. The predicted molar refractivity (Wildman–Crippen MR) is 117 cm³/mol. The summed E-state index contributed by atoms with van der Waals surface area (Å²) in [5.74, 6) is 0. The topological polar surface area (TPSA) is 0 Å². The fourth-order valence-corrected chi connectivity index (χ4v) is 3.43. The van der Waals surface area contributed by atoms with E-state index >= 15 is 0 Å². The van der Waals surface area contributed by atoms with Crippen LogP contribution in [-0.4, -0.2) is 47.1 Å². The standard InChI is InChI=1S/C19H18B6/c1-7-10(18(25)16(23)8(2)13(7)20)11-14(21)9(3)15(22)12(17(11)24)19(4,5)6/h1-6H3. The molecule has 0 fully saturated rings. The summed E-state index contributed by atoms with van der Waals surface area (Å²) in [5, 5.41) is 0. The third-order valence-corrected chi connectivity index (χ3v) is 5.03. The molecule has 0 saturated carbocycles. The molecule has 0 aromatic heterocycles. The van der Waals surface area contributed by atoms with Crippen LogP contribution < -0.4 is 32.8 Å². The van der Waals surface area contributed by atoms with Crippen molar-refractivity contribution in [3.8, 4) is 11.1 Å². The normalized spacial score (nSPS) is 11.8. The predicted octanol–water partition coefficient (Wildman–Crippen LogP) is -1.66. The van der Waals surface area contributed by atoms with Crippen molar-refractivity contribution in [1.82, 2.24) is 0 Å². The molecule has 0 heterocycles. The molecule has 6 heteroatoms. The van der Waals surface area contributed by atoms with Gasteiger partial charge in [-0.25, -0.2) is 0 Å². The van der Waals surface area contributed by atoms with Crippen molar-refractivity contribution in [2.45, 2.75) is 47.0 Å². The smallest absolute Gasteiger partial charge is 0.101 e. The van der Waals surface area contributed by atoms with Gasteiger partial charge in [-0.05, 0) is 37.3 Å². The number of rotatable bonds is 1. The average molecular weight is 311 g/mol. The molecule has 0 aliphatic heterocycles. The van der Waals surface area contributed by atoms with E-state index in [1.807, 2.05) is 20.8 Å². The molecule has 0 unspecified atom stereocenters. The quantitative estimate of drug-likeness (QED) is 0.553. The Bertz CT molecular complexity index is 846. The van der Waals surface area contributed by atoms with Crippen LogP contribution in [0.1, 0.15) is 43.0 Å². The summed E-state index contributed by atoms with van der Waals surface area (Å²) in [6.07, 6.45) is 0. The maximum Gasteiger partial charge on any atom is 0.115 e. The highest BCUT2D eigenvalue weighted by Gasteiger charge is 2.25. The van der Waals surface area contributed by atoms with Crippen LogP contribution in [0.2, 0.25) is 0 Å². The molecule has 0 bridgehead atoms. The second-order valence-corrected chi connectivity index (χ2v) is 7.73. The minimum absolute atomic E-state index is 0.258. The van der Waals surface area contributed by atoms with Gasteiger partial charge < -0.3 is 0 Å². The van der Waals surface area contributed by atoms with Gasteiger partial charge >= 0.3 is 0 Å². The largest absolute Gasteiger partial charge is 0.115 e. The van der Waals surface area contributed by atoms with E-state index in [9.17, 15) is 0 Å². The molecular weight excluding hydrogens is 293 g/mol. The van der Waals surface area contributed by atoms with Gasteiger partial charge in [-0.15, -0.1) is 5.46 Å². The van der Waals surface area contributed by atoms with Gasteiger partial charge in [-0.1, -0.05) is 70.3 Å². The van der Waals surface area contributed by atoms with Crippen molar-refractivity contribution in [2.24, 2.45) is 0 Å². The van der Waals surface area contributed by atoms with Gasteiger partial charge in [0.1, 0.15) is 47.1 Å². The number of benzene rings is 2. The number of hydrogen-bond acceptors (Lipinski definition) is 0. The first-order valence-corrected chi connectivity index (χ1v) is 8.23. The molecule has 25 heavy (non-hydrogen) atoms. The van der Waals surface area contributed by atoms with E-state index in [0.717, 1.165) is 22.3 Å². The molecular formula is C19H18B6. The molecule has 2 aromatic carbocycles. The minimum atomic E-state index is -0.258. The van der Waals surface area contributed by atoms with E-state index in [-0.39, 0.29) is 5.41 Å². The molecule has 112 valence electrons. The van der Waals surface area contributed by atoms with E-state index < -0.39 is 0 Å². The van der Waals surface area contributed by atoms with Crippen LogP contribution in [0.15, 0.2) is 0 Å². The molecule has 0 nitrogen and oxygen atoms in total. The first-order valence-electron chi connectivity index (χ1n) is 8.23. The molecule has 0 N–H and O–H groups in total. The Morgan fingerprint density at radius 3 is 1.44 bits per heavy atom. The van der Waals surface area contributed by atoms with Gasteiger partial charge in [-0.2, -0.15) is 0 Å². The summed E-state index contributed by atoms with van der Waals surface area (Å²) in [7, 11) is 38.1. The summed E-state index contributed by atoms with van der Waals surface area (Å²) in [4.78, 5) is 0. The summed E-state index contributed by atoms with van der Waals surface area (Å²) >= 11 is 0. The Labute approximate surface area is 160 Å². The zero-order chi connectivity index (χ0) is 19.4. The zero-order valence-corrected chi connectivity index (χ0v) is 16.0. The lowest BCUT2D eigenvalue weighted by Crippen LogP contribution is -2.44. The Morgan fingerprint density at radius 2 is 0.960 bits per heavy atom. The van der Waals surface area contributed by atoms with Crippen LogP contribution in [0.25, 0.3) is 11.1 Å². The molecule has 0 aliphatic carbocycles. The second-order valence-electron chi connectivity index (χ2n) is 7.73. The third-order valence-electron chi connectivity index (χ3n) is 5.03. The van der Waals surface area contributed by atoms with Gasteiger partial charge in [0.25, 0.3) is 0 Å². The monoisotopic (exact) mass is 312 g/mol. The lowest BCUT2D eigenvalue weighted by Gasteiger charge is -2.32. The van der Waals surface area contributed by atoms with Crippen molar-refractivity contribution >= 4 is 79.9 Å². The van der Waals surface area contributed by atoms with Crippen LogP contribution in [0.3, 0.4) is 0 Å². The summed E-state index contributed by atoms with van der Waals surface area (Å²) in [6, 6.07) is 0. The van der Waals surface area contributed by atoms with Crippen LogP contribution in [-0.2, 0) is 5.41 Å². The maximum absolute atomic E-state index is 6.55. The van der Waals surface area contributed by atoms with Crippen LogP contribution in [0.4, 0.5) is 0 Å². The highest BCUT2D eigenvalue weighted by Crippen LogP contribution is 2.24. The second kappa shape index (κ2) is 6.53.